The number of thioether (sulfide) groups is 1. The van der Waals surface area contributed by atoms with Crippen LogP contribution in [-0.4, -0.2) is 31.0 Å². The van der Waals surface area contributed by atoms with Crippen LogP contribution in [-0.2, 0) is 14.3 Å². The number of rotatable bonds is 3. The molecule has 0 aromatic rings. The summed E-state index contributed by atoms with van der Waals surface area (Å²) in [6.45, 7) is 5.22. The Balaban J connectivity index is 4.48. The summed E-state index contributed by atoms with van der Waals surface area (Å²) < 4.78 is 9.51. The van der Waals surface area contributed by atoms with E-state index in [0.717, 1.165) is 0 Å². The Morgan fingerprint density at radius 2 is 1.88 bits per heavy atom. The Hall–Kier alpha value is -1.17. The predicted molar refractivity (Wildman–Crippen MR) is 63.0 cm³/mol. The molecule has 0 radical (unpaired) electrons. The fourth-order valence-electron chi connectivity index (χ4n) is 0.770. The van der Waals surface area contributed by atoms with Gasteiger partial charge in [-0.15, -0.1) is 11.8 Å². The Morgan fingerprint density at radius 3 is 2.25 bits per heavy atom. The lowest BCUT2D eigenvalue weighted by atomic mass is 10.2. The monoisotopic (exact) mass is 247 g/mol. The van der Waals surface area contributed by atoms with Crippen molar-refractivity contribution < 1.29 is 19.1 Å². The van der Waals surface area contributed by atoms with Crippen molar-refractivity contribution in [3.05, 3.63) is 11.1 Å². The first kappa shape index (κ1) is 14.8. The Kier molecular flexibility index (Phi) is 5.95. The second kappa shape index (κ2) is 6.42. The fourth-order valence-corrected chi connectivity index (χ4v) is 1.16. The first-order chi connectivity index (χ1) is 7.30. The van der Waals surface area contributed by atoms with Crippen LogP contribution in [0.15, 0.2) is 11.1 Å². The summed E-state index contributed by atoms with van der Waals surface area (Å²) in [5, 5.41) is 3.81. The van der Waals surface area contributed by atoms with Gasteiger partial charge in [0.15, 0.2) is 0 Å². The van der Waals surface area contributed by atoms with Gasteiger partial charge in [-0.2, -0.15) is 0 Å². The number of nitrogens with one attached hydrogen (secondary N) is 1. The number of hydrogen-bond donors (Lipinski definition) is 1. The van der Waals surface area contributed by atoms with E-state index in [0.29, 0.717) is 0 Å². The summed E-state index contributed by atoms with van der Waals surface area (Å²) in [5.41, 5.74) is -0.547. The van der Waals surface area contributed by atoms with Crippen LogP contribution in [0.2, 0.25) is 0 Å². The average molecular weight is 247 g/mol. The third-order valence-corrected chi connectivity index (χ3v) is 1.75. The van der Waals surface area contributed by atoms with Gasteiger partial charge in [-0.1, -0.05) is 0 Å². The van der Waals surface area contributed by atoms with Gasteiger partial charge in [0.2, 0.25) is 0 Å². The van der Waals surface area contributed by atoms with Gasteiger partial charge in [0.05, 0.1) is 7.11 Å². The molecule has 92 valence electrons. The summed E-state index contributed by atoms with van der Waals surface area (Å²) in [6, 6.07) is 0. The molecule has 0 aromatic heterocycles. The summed E-state index contributed by atoms with van der Waals surface area (Å²) in [4.78, 5) is 22.6. The van der Waals surface area contributed by atoms with Crippen molar-refractivity contribution in [2.75, 3.05) is 13.4 Å². The van der Waals surface area contributed by atoms with Crippen molar-refractivity contribution in [3.63, 3.8) is 0 Å². The van der Waals surface area contributed by atoms with Crippen LogP contribution in [0.3, 0.4) is 0 Å². The largest absolute Gasteiger partial charge is 0.464 e. The van der Waals surface area contributed by atoms with Gasteiger partial charge >= 0.3 is 12.1 Å². The van der Waals surface area contributed by atoms with E-state index in [-0.39, 0.29) is 5.70 Å². The van der Waals surface area contributed by atoms with Gasteiger partial charge in [0.25, 0.3) is 0 Å². The van der Waals surface area contributed by atoms with Crippen molar-refractivity contribution in [2.45, 2.75) is 26.4 Å². The molecule has 0 fully saturated rings. The molecule has 0 aliphatic rings. The zero-order valence-electron chi connectivity index (χ0n) is 10.1. The van der Waals surface area contributed by atoms with E-state index in [9.17, 15) is 9.59 Å². The van der Waals surface area contributed by atoms with E-state index in [2.05, 4.69) is 10.1 Å². The van der Waals surface area contributed by atoms with Crippen LogP contribution in [0.4, 0.5) is 4.79 Å². The highest BCUT2D eigenvalue weighted by molar-refractivity contribution is 8.01. The molecule has 0 saturated heterocycles. The van der Waals surface area contributed by atoms with Crippen LogP contribution in [0.1, 0.15) is 20.8 Å². The molecule has 16 heavy (non-hydrogen) atoms. The SMILES string of the molecule is COC(=O)/C(=C\SC)NC(=O)OC(C)(C)C. The number of carbonyl (C=O) groups excluding carboxylic acids is 2. The summed E-state index contributed by atoms with van der Waals surface area (Å²) in [7, 11) is 1.24. The van der Waals surface area contributed by atoms with E-state index in [4.69, 9.17) is 4.74 Å². The lowest BCUT2D eigenvalue weighted by Gasteiger charge is -2.19. The standard InChI is InChI=1S/C10H17NO4S/c1-10(2,3)15-9(13)11-7(6-16-5)8(12)14-4/h6H,1-5H3,(H,11,13)/b7-6+. The van der Waals surface area contributed by atoms with Gasteiger partial charge in [0.1, 0.15) is 11.3 Å². The van der Waals surface area contributed by atoms with Crippen molar-refractivity contribution in [1.29, 1.82) is 0 Å². The Labute approximate surface area is 99.6 Å². The highest BCUT2D eigenvalue weighted by Crippen LogP contribution is 2.08. The number of ether oxygens (including phenoxy) is 2. The van der Waals surface area contributed by atoms with Crippen LogP contribution in [0.5, 0.6) is 0 Å². The van der Waals surface area contributed by atoms with Gasteiger partial charge in [-0.25, -0.2) is 9.59 Å². The van der Waals surface area contributed by atoms with Gasteiger partial charge < -0.3 is 9.47 Å². The van der Waals surface area contributed by atoms with Crippen molar-refractivity contribution in [2.24, 2.45) is 0 Å². The lowest BCUT2D eigenvalue weighted by molar-refractivity contribution is -0.136. The molecule has 1 amide bonds. The third kappa shape index (κ3) is 6.34. The van der Waals surface area contributed by atoms with Crippen molar-refractivity contribution >= 4 is 23.8 Å². The van der Waals surface area contributed by atoms with E-state index >= 15 is 0 Å². The van der Waals surface area contributed by atoms with Crippen LogP contribution < -0.4 is 5.32 Å². The minimum atomic E-state index is -0.682. The maximum Gasteiger partial charge on any atom is 0.412 e. The predicted octanol–water partition coefficient (Wildman–Crippen LogP) is 1.89. The van der Waals surface area contributed by atoms with E-state index in [1.807, 2.05) is 0 Å². The molecular formula is C10H17NO4S. The molecule has 5 nitrogen and oxygen atoms in total. The molecule has 0 atom stereocenters. The van der Waals surface area contributed by atoms with E-state index in [1.165, 1.54) is 24.3 Å². The summed E-state index contributed by atoms with van der Waals surface area (Å²) >= 11 is 1.28. The quantitative estimate of drug-likeness (QED) is 0.609. The normalized spacial score (nSPS) is 11.9. The molecule has 0 aliphatic heterocycles. The molecule has 1 N–H and O–H groups in total. The Bertz CT molecular complexity index is 294. The van der Waals surface area contributed by atoms with Crippen molar-refractivity contribution in [3.8, 4) is 0 Å². The topological polar surface area (TPSA) is 64.6 Å². The lowest BCUT2D eigenvalue weighted by Crippen LogP contribution is -2.34. The second-order valence-corrected chi connectivity index (χ2v) is 4.59. The molecule has 0 spiro atoms. The fraction of sp³-hybridized carbons (Fsp3) is 0.600. The van der Waals surface area contributed by atoms with E-state index < -0.39 is 17.7 Å². The number of methoxy groups -OCH3 is 1. The van der Waals surface area contributed by atoms with Crippen LogP contribution >= 0.6 is 11.8 Å². The summed E-state index contributed by atoms with van der Waals surface area (Å²) in [6.07, 6.45) is 1.08. The van der Waals surface area contributed by atoms with Crippen LogP contribution in [0, 0.1) is 0 Å². The third-order valence-electron chi connectivity index (χ3n) is 1.28. The molecule has 0 rings (SSSR count). The molecule has 0 aliphatic carbocycles. The van der Waals surface area contributed by atoms with Crippen molar-refractivity contribution in [1.82, 2.24) is 5.32 Å². The molecule has 0 unspecified atom stereocenters. The van der Waals surface area contributed by atoms with Gasteiger partial charge in [-0.05, 0) is 27.0 Å². The first-order valence-electron chi connectivity index (χ1n) is 4.61. The zero-order chi connectivity index (χ0) is 12.8. The minimum Gasteiger partial charge on any atom is -0.464 e. The second-order valence-electron chi connectivity index (χ2n) is 3.89. The van der Waals surface area contributed by atoms with Crippen LogP contribution in [0.25, 0.3) is 0 Å². The summed E-state index contributed by atoms with van der Waals surface area (Å²) in [5.74, 6) is -0.611. The van der Waals surface area contributed by atoms with Gasteiger partial charge in [-0.3, -0.25) is 5.32 Å². The number of amides is 1. The van der Waals surface area contributed by atoms with Gasteiger partial charge in [0, 0.05) is 5.41 Å². The first-order valence-corrected chi connectivity index (χ1v) is 5.90. The molecule has 0 bridgehead atoms. The zero-order valence-corrected chi connectivity index (χ0v) is 10.9. The average Bonchev–Trinajstić information content (AvgIpc) is 2.13. The maximum absolute atomic E-state index is 11.4. The number of carbonyl (C=O) groups is 2. The molecule has 0 saturated carbocycles. The number of esters is 1. The molecular weight excluding hydrogens is 230 g/mol. The highest BCUT2D eigenvalue weighted by Gasteiger charge is 2.19. The maximum atomic E-state index is 11.4. The molecule has 0 heterocycles. The van der Waals surface area contributed by atoms with E-state index in [1.54, 1.807) is 27.0 Å². The minimum absolute atomic E-state index is 0.0595. The Morgan fingerprint density at radius 1 is 1.31 bits per heavy atom. The molecule has 0 aromatic carbocycles. The number of hydrogen-bond acceptors (Lipinski definition) is 5. The number of alkyl carbamates (subject to hydrolysis) is 1. The smallest absolute Gasteiger partial charge is 0.412 e. The highest BCUT2D eigenvalue weighted by atomic mass is 32.2. The molecule has 6 heteroatoms.